The van der Waals surface area contributed by atoms with Gasteiger partial charge in [0.2, 0.25) is 5.91 Å². The number of thioether (sulfide) groups is 1. The van der Waals surface area contributed by atoms with Gasteiger partial charge in [0, 0.05) is 5.69 Å². The van der Waals surface area contributed by atoms with Crippen LogP contribution in [0.1, 0.15) is 23.9 Å². The van der Waals surface area contributed by atoms with E-state index in [9.17, 15) is 4.79 Å². The number of benzene rings is 2. The Kier molecular flexibility index (Phi) is 6.34. The van der Waals surface area contributed by atoms with Crippen LogP contribution in [0.4, 0.5) is 5.69 Å². The summed E-state index contributed by atoms with van der Waals surface area (Å²) in [6.07, 6.45) is 0. The van der Waals surface area contributed by atoms with Crippen LogP contribution in [-0.4, -0.2) is 25.9 Å². The standard InChI is InChI=1S/C20H18ClN5OS/c1-13(19(27)23-17-9-8-16(11-22)18(21)10-17)28-20-25-24-14(2)26(20)12-15-6-4-3-5-7-15/h3-10,13H,12H2,1-2H3,(H,23,27). The Balaban J connectivity index is 1.69. The Morgan fingerprint density at radius 2 is 2.04 bits per heavy atom. The van der Waals surface area contributed by atoms with E-state index < -0.39 is 5.25 Å². The summed E-state index contributed by atoms with van der Waals surface area (Å²) in [5.41, 5.74) is 2.05. The second-order valence-corrected chi connectivity index (χ2v) is 7.87. The number of nitrogens with one attached hydrogen (secondary N) is 1. The molecular formula is C20H18ClN5OS. The lowest BCUT2D eigenvalue weighted by atomic mass is 10.2. The third-order valence-electron chi connectivity index (χ3n) is 4.09. The summed E-state index contributed by atoms with van der Waals surface area (Å²) >= 11 is 7.36. The lowest BCUT2D eigenvalue weighted by molar-refractivity contribution is -0.115. The molecule has 0 aliphatic carbocycles. The summed E-state index contributed by atoms with van der Waals surface area (Å²) in [7, 11) is 0. The van der Waals surface area contributed by atoms with E-state index in [0.717, 1.165) is 11.4 Å². The number of nitrogens with zero attached hydrogens (tertiary/aromatic N) is 4. The number of halogens is 1. The SMILES string of the molecule is Cc1nnc(SC(C)C(=O)Nc2ccc(C#N)c(Cl)c2)n1Cc1ccccc1. The van der Waals surface area contributed by atoms with Gasteiger partial charge in [-0.05, 0) is 37.6 Å². The van der Waals surface area contributed by atoms with Crippen molar-refractivity contribution in [3.63, 3.8) is 0 Å². The molecule has 2 aromatic carbocycles. The van der Waals surface area contributed by atoms with Crippen molar-refractivity contribution in [3.8, 4) is 6.07 Å². The largest absolute Gasteiger partial charge is 0.325 e. The summed E-state index contributed by atoms with van der Waals surface area (Å²) in [6, 6.07) is 16.8. The molecule has 0 fully saturated rings. The Morgan fingerprint density at radius 1 is 1.29 bits per heavy atom. The zero-order chi connectivity index (χ0) is 20.1. The minimum atomic E-state index is -0.396. The van der Waals surface area contributed by atoms with E-state index >= 15 is 0 Å². The van der Waals surface area contributed by atoms with Crippen LogP contribution in [0.15, 0.2) is 53.7 Å². The van der Waals surface area contributed by atoms with Gasteiger partial charge in [-0.3, -0.25) is 4.79 Å². The molecule has 8 heteroatoms. The zero-order valence-corrected chi connectivity index (χ0v) is 17.0. The predicted molar refractivity (Wildman–Crippen MR) is 110 cm³/mol. The van der Waals surface area contributed by atoms with Crippen LogP contribution in [0.3, 0.4) is 0 Å². The van der Waals surface area contributed by atoms with Crippen molar-refractivity contribution in [3.05, 3.63) is 70.5 Å². The Hall–Kier alpha value is -2.82. The van der Waals surface area contributed by atoms with Gasteiger partial charge in [0.15, 0.2) is 5.16 Å². The maximum Gasteiger partial charge on any atom is 0.237 e. The van der Waals surface area contributed by atoms with E-state index in [-0.39, 0.29) is 5.91 Å². The molecule has 0 aliphatic rings. The molecule has 0 saturated heterocycles. The number of carbonyl (C=O) groups excluding carboxylic acids is 1. The van der Waals surface area contributed by atoms with Crippen LogP contribution < -0.4 is 5.32 Å². The molecule has 28 heavy (non-hydrogen) atoms. The number of hydrogen-bond acceptors (Lipinski definition) is 5. The highest BCUT2D eigenvalue weighted by molar-refractivity contribution is 8.00. The number of nitriles is 1. The highest BCUT2D eigenvalue weighted by Crippen LogP contribution is 2.25. The number of amides is 1. The first-order valence-corrected chi connectivity index (χ1v) is 9.84. The van der Waals surface area contributed by atoms with Gasteiger partial charge in [-0.2, -0.15) is 5.26 Å². The molecule has 1 amide bonds. The van der Waals surface area contributed by atoms with Crippen molar-refractivity contribution >= 4 is 35.0 Å². The lowest BCUT2D eigenvalue weighted by Gasteiger charge is -2.13. The third kappa shape index (κ3) is 4.71. The number of aryl methyl sites for hydroxylation is 1. The number of hydrogen-bond donors (Lipinski definition) is 1. The molecule has 0 radical (unpaired) electrons. The van der Waals surface area contributed by atoms with E-state index in [1.54, 1.807) is 18.2 Å². The minimum absolute atomic E-state index is 0.183. The number of aromatic nitrogens is 3. The van der Waals surface area contributed by atoms with Crippen LogP contribution in [-0.2, 0) is 11.3 Å². The first-order valence-electron chi connectivity index (χ1n) is 8.59. The van der Waals surface area contributed by atoms with E-state index in [1.165, 1.54) is 11.8 Å². The molecule has 1 aromatic heterocycles. The second kappa shape index (κ2) is 8.91. The van der Waals surface area contributed by atoms with Crippen molar-refractivity contribution in [2.45, 2.75) is 30.8 Å². The van der Waals surface area contributed by atoms with E-state index in [0.29, 0.717) is 28.0 Å². The molecule has 1 unspecified atom stereocenters. The number of rotatable bonds is 6. The minimum Gasteiger partial charge on any atom is -0.325 e. The van der Waals surface area contributed by atoms with Crippen molar-refractivity contribution in [1.29, 1.82) is 5.26 Å². The molecule has 142 valence electrons. The molecule has 6 nitrogen and oxygen atoms in total. The van der Waals surface area contributed by atoms with E-state index in [4.69, 9.17) is 16.9 Å². The lowest BCUT2D eigenvalue weighted by Crippen LogP contribution is -2.23. The smallest absolute Gasteiger partial charge is 0.237 e. The van der Waals surface area contributed by atoms with Gasteiger partial charge >= 0.3 is 0 Å². The van der Waals surface area contributed by atoms with Crippen molar-refractivity contribution in [1.82, 2.24) is 14.8 Å². The topological polar surface area (TPSA) is 83.6 Å². The average Bonchev–Trinajstić information content (AvgIpc) is 3.02. The molecule has 3 aromatic rings. The van der Waals surface area contributed by atoms with Crippen molar-refractivity contribution in [2.75, 3.05) is 5.32 Å². The van der Waals surface area contributed by atoms with Crippen LogP contribution in [0.5, 0.6) is 0 Å². The Morgan fingerprint density at radius 3 is 2.71 bits per heavy atom. The molecule has 1 N–H and O–H groups in total. The maximum atomic E-state index is 12.6. The quantitative estimate of drug-likeness (QED) is 0.612. The van der Waals surface area contributed by atoms with Gasteiger partial charge in [0.25, 0.3) is 0 Å². The molecule has 1 atom stereocenters. The molecule has 0 bridgehead atoms. The van der Waals surface area contributed by atoms with Crippen molar-refractivity contribution in [2.24, 2.45) is 0 Å². The van der Waals surface area contributed by atoms with Gasteiger partial charge < -0.3 is 9.88 Å². The van der Waals surface area contributed by atoms with E-state index in [2.05, 4.69) is 15.5 Å². The Labute approximate surface area is 172 Å². The second-order valence-electron chi connectivity index (χ2n) is 6.16. The van der Waals surface area contributed by atoms with E-state index in [1.807, 2.05) is 54.8 Å². The summed E-state index contributed by atoms with van der Waals surface area (Å²) in [6.45, 7) is 4.34. The third-order valence-corrected chi connectivity index (χ3v) is 5.49. The normalized spacial score (nSPS) is 11.6. The van der Waals surface area contributed by atoms with Gasteiger partial charge in [-0.1, -0.05) is 53.7 Å². The average molecular weight is 412 g/mol. The van der Waals surface area contributed by atoms with Gasteiger partial charge in [0.1, 0.15) is 11.9 Å². The van der Waals surface area contributed by atoms with Crippen LogP contribution in [0.2, 0.25) is 5.02 Å². The van der Waals surface area contributed by atoms with Gasteiger partial charge in [-0.15, -0.1) is 10.2 Å². The summed E-state index contributed by atoms with van der Waals surface area (Å²) in [5.74, 6) is 0.607. The molecule has 0 spiro atoms. The van der Waals surface area contributed by atoms with Crippen LogP contribution in [0.25, 0.3) is 0 Å². The van der Waals surface area contributed by atoms with Gasteiger partial charge in [0.05, 0.1) is 22.4 Å². The van der Waals surface area contributed by atoms with Crippen molar-refractivity contribution < 1.29 is 4.79 Å². The zero-order valence-electron chi connectivity index (χ0n) is 15.4. The van der Waals surface area contributed by atoms with Crippen LogP contribution in [0, 0.1) is 18.3 Å². The fourth-order valence-electron chi connectivity index (χ4n) is 2.54. The molecule has 3 rings (SSSR count). The summed E-state index contributed by atoms with van der Waals surface area (Å²) in [5, 5.41) is 20.7. The first kappa shape index (κ1) is 19.9. The predicted octanol–water partition coefficient (Wildman–Crippen LogP) is 4.28. The molecule has 0 saturated carbocycles. The monoisotopic (exact) mass is 411 g/mol. The maximum absolute atomic E-state index is 12.6. The van der Waals surface area contributed by atoms with Gasteiger partial charge in [-0.25, -0.2) is 0 Å². The number of carbonyl (C=O) groups is 1. The number of anilines is 1. The molecule has 0 aliphatic heterocycles. The fourth-order valence-corrected chi connectivity index (χ4v) is 3.65. The fraction of sp³-hybridized carbons (Fsp3) is 0.200. The summed E-state index contributed by atoms with van der Waals surface area (Å²) in [4.78, 5) is 12.6. The Bertz CT molecular complexity index is 1030. The molecule has 1 heterocycles. The summed E-state index contributed by atoms with van der Waals surface area (Å²) < 4.78 is 1.99. The van der Waals surface area contributed by atoms with Crippen LogP contribution >= 0.6 is 23.4 Å². The highest BCUT2D eigenvalue weighted by Gasteiger charge is 2.19. The molecular weight excluding hydrogens is 394 g/mol. The highest BCUT2D eigenvalue weighted by atomic mass is 35.5. The first-order chi connectivity index (χ1) is 13.5.